The van der Waals surface area contributed by atoms with Gasteiger partial charge in [0.1, 0.15) is 5.75 Å². The molecule has 0 spiro atoms. The number of benzene rings is 2. The van der Waals surface area contributed by atoms with Crippen LogP contribution in [0.3, 0.4) is 0 Å². The van der Waals surface area contributed by atoms with Gasteiger partial charge in [-0.3, -0.25) is 10.1 Å². The number of esters is 1. The first-order valence-corrected chi connectivity index (χ1v) is 7.82. The van der Waals surface area contributed by atoms with Crippen LogP contribution in [0.2, 0.25) is 5.02 Å². The number of nitrogens with zero attached hydrogens (tertiary/aromatic N) is 1. The van der Waals surface area contributed by atoms with Gasteiger partial charge in [-0.1, -0.05) is 11.6 Å². The van der Waals surface area contributed by atoms with Gasteiger partial charge in [-0.05, 0) is 30.3 Å². The zero-order chi connectivity index (χ0) is 21.3. The molecule has 1 unspecified atom stereocenters. The van der Waals surface area contributed by atoms with Crippen molar-refractivity contribution in [3.05, 3.63) is 68.2 Å². The number of methoxy groups -OCH3 is 2. The van der Waals surface area contributed by atoms with Gasteiger partial charge < -0.3 is 9.47 Å². The largest absolute Gasteiger partial charge is 0.496 e. The van der Waals surface area contributed by atoms with Crippen molar-refractivity contribution in [2.45, 2.75) is 11.8 Å². The second-order valence-electron chi connectivity index (χ2n) is 5.48. The van der Waals surface area contributed by atoms with E-state index in [0.29, 0.717) is 12.1 Å². The Balaban J connectivity index is 2.90. The summed E-state index contributed by atoms with van der Waals surface area (Å²) in [6.45, 7) is 0. The highest BCUT2D eigenvalue weighted by molar-refractivity contribution is 6.30. The van der Waals surface area contributed by atoms with E-state index in [9.17, 15) is 28.1 Å². The SMILES string of the molecule is COC(=O)C(F)(c1cc(Cl)ccc1OC)c1ccc(C(F)(F)F)cc1[N+](=O)[O-]. The zero-order valence-electron chi connectivity index (χ0n) is 14.3. The van der Waals surface area contributed by atoms with Crippen molar-refractivity contribution in [2.24, 2.45) is 0 Å². The average molecular weight is 422 g/mol. The maximum atomic E-state index is 16.1. The zero-order valence-corrected chi connectivity index (χ0v) is 15.1. The van der Waals surface area contributed by atoms with Gasteiger partial charge in [-0.2, -0.15) is 13.2 Å². The molecule has 0 fully saturated rings. The molecule has 6 nitrogen and oxygen atoms in total. The molecule has 0 amide bonds. The number of carbonyl (C=O) groups excluding carboxylic acids is 1. The van der Waals surface area contributed by atoms with Crippen LogP contribution in [-0.2, 0) is 21.4 Å². The number of alkyl halides is 4. The van der Waals surface area contributed by atoms with E-state index >= 15 is 4.39 Å². The number of rotatable bonds is 5. The highest BCUT2D eigenvalue weighted by Crippen LogP contribution is 2.46. The van der Waals surface area contributed by atoms with Crippen LogP contribution in [0.4, 0.5) is 23.2 Å². The standard InChI is InChI=1S/C17H12ClF4NO5/c1-27-14-6-4-10(18)8-12(14)16(19,15(24)28-2)11-5-3-9(17(20,21)22)7-13(11)23(25)26/h3-8H,1-2H3. The van der Waals surface area contributed by atoms with Crippen LogP contribution in [0.1, 0.15) is 16.7 Å². The smallest absolute Gasteiger partial charge is 0.416 e. The predicted molar refractivity (Wildman–Crippen MR) is 90.0 cm³/mol. The molecule has 0 heterocycles. The van der Waals surface area contributed by atoms with Gasteiger partial charge in [-0.15, -0.1) is 0 Å². The third kappa shape index (κ3) is 3.72. The van der Waals surface area contributed by atoms with E-state index in [2.05, 4.69) is 4.74 Å². The van der Waals surface area contributed by atoms with Crippen molar-refractivity contribution in [2.75, 3.05) is 14.2 Å². The van der Waals surface area contributed by atoms with Crippen molar-refractivity contribution >= 4 is 23.3 Å². The summed E-state index contributed by atoms with van der Waals surface area (Å²) >= 11 is 5.85. The lowest BCUT2D eigenvalue weighted by Gasteiger charge is -2.25. The molecule has 0 aliphatic rings. The molecule has 0 radical (unpaired) electrons. The van der Waals surface area contributed by atoms with Crippen LogP contribution in [0.15, 0.2) is 36.4 Å². The Morgan fingerprint density at radius 3 is 2.21 bits per heavy atom. The van der Waals surface area contributed by atoms with Crippen LogP contribution in [-0.4, -0.2) is 25.1 Å². The van der Waals surface area contributed by atoms with E-state index in [4.69, 9.17) is 16.3 Å². The molecule has 0 saturated carbocycles. The van der Waals surface area contributed by atoms with E-state index in [1.807, 2.05) is 0 Å². The molecular formula is C17H12ClF4NO5. The fourth-order valence-corrected chi connectivity index (χ4v) is 2.78. The van der Waals surface area contributed by atoms with Crippen LogP contribution in [0, 0.1) is 10.1 Å². The number of ether oxygens (including phenoxy) is 2. The Bertz CT molecular complexity index is 934. The van der Waals surface area contributed by atoms with Gasteiger partial charge in [0.2, 0.25) is 0 Å². The number of nitro groups is 1. The maximum absolute atomic E-state index is 16.1. The lowest BCUT2D eigenvalue weighted by atomic mass is 9.85. The Morgan fingerprint density at radius 1 is 1.07 bits per heavy atom. The van der Waals surface area contributed by atoms with Crippen LogP contribution >= 0.6 is 11.6 Å². The minimum Gasteiger partial charge on any atom is -0.496 e. The number of hydrogen-bond donors (Lipinski definition) is 0. The van der Waals surface area contributed by atoms with Gasteiger partial charge in [0.05, 0.1) is 30.3 Å². The molecular weight excluding hydrogens is 410 g/mol. The second kappa shape index (κ2) is 7.63. The molecule has 150 valence electrons. The summed E-state index contributed by atoms with van der Waals surface area (Å²) in [7, 11) is 1.97. The molecule has 2 rings (SSSR count). The van der Waals surface area contributed by atoms with E-state index < -0.39 is 45.1 Å². The van der Waals surface area contributed by atoms with Crippen molar-refractivity contribution in [3.8, 4) is 5.75 Å². The summed E-state index contributed by atoms with van der Waals surface area (Å²) < 4.78 is 64.4. The molecule has 0 bridgehead atoms. The minimum atomic E-state index is -4.92. The van der Waals surface area contributed by atoms with Crippen molar-refractivity contribution in [1.29, 1.82) is 0 Å². The summed E-state index contributed by atoms with van der Waals surface area (Å²) in [4.78, 5) is 22.5. The highest BCUT2D eigenvalue weighted by atomic mass is 35.5. The van der Waals surface area contributed by atoms with Gasteiger partial charge in [-0.25, -0.2) is 9.18 Å². The van der Waals surface area contributed by atoms with Crippen LogP contribution < -0.4 is 4.74 Å². The molecule has 0 saturated heterocycles. The first-order chi connectivity index (χ1) is 13.0. The van der Waals surface area contributed by atoms with Crippen molar-refractivity contribution < 1.29 is 36.8 Å². The van der Waals surface area contributed by atoms with Gasteiger partial charge in [0.15, 0.2) is 0 Å². The van der Waals surface area contributed by atoms with Crippen LogP contribution in [0.25, 0.3) is 0 Å². The highest BCUT2D eigenvalue weighted by Gasteiger charge is 2.51. The summed E-state index contributed by atoms with van der Waals surface area (Å²) in [5, 5.41) is 11.3. The molecule has 2 aromatic carbocycles. The number of hydrogen-bond acceptors (Lipinski definition) is 5. The Morgan fingerprint density at radius 2 is 1.71 bits per heavy atom. The molecule has 11 heteroatoms. The van der Waals surface area contributed by atoms with Crippen molar-refractivity contribution in [1.82, 2.24) is 0 Å². The Hall–Kier alpha value is -2.88. The fraction of sp³-hybridized carbons (Fsp3) is 0.235. The molecule has 1 atom stereocenters. The summed E-state index contributed by atoms with van der Waals surface area (Å²) in [5.41, 5.74) is -7.52. The summed E-state index contributed by atoms with van der Waals surface area (Å²) in [6, 6.07) is 4.56. The number of halogens is 5. The first kappa shape index (κ1) is 21.4. The quantitative estimate of drug-likeness (QED) is 0.303. The third-order valence-corrected chi connectivity index (χ3v) is 4.13. The summed E-state index contributed by atoms with van der Waals surface area (Å²) in [5.74, 6) is -1.82. The van der Waals surface area contributed by atoms with E-state index in [1.165, 1.54) is 12.1 Å². The van der Waals surface area contributed by atoms with Crippen LogP contribution in [0.5, 0.6) is 5.75 Å². The topological polar surface area (TPSA) is 78.7 Å². The third-order valence-electron chi connectivity index (χ3n) is 3.89. The molecule has 0 aliphatic carbocycles. The number of carbonyl (C=O) groups is 1. The fourth-order valence-electron chi connectivity index (χ4n) is 2.61. The lowest BCUT2D eigenvalue weighted by molar-refractivity contribution is -0.386. The van der Waals surface area contributed by atoms with E-state index in [-0.39, 0.29) is 16.8 Å². The van der Waals surface area contributed by atoms with Gasteiger partial charge in [0.25, 0.3) is 11.4 Å². The molecule has 0 aliphatic heterocycles. The second-order valence-corrected chi connectivity index (χ2v) is 5.92. The lowest BCUT2D eigenvalue weighted by Crippen LogP contribution is -2.35. The molecule has 0 N–H and O–H groups in total. The van der Waals surface area contributed by atoms with E-state index in [0.717, 1.165) is 20.3 Å². The van der Waals surface area contributed by atoms with E-state index in [1.54, 1.807) is 0 Å². The number of nitro benzene ring substituents is 1. The maximum Gasteiger partial charge on any atom is 0.416 e. The molecule has 0 aromatic heterocycles. The predicted octanol–water partition coefficient (Wildman–Crippen LogP) is 4.66. The Labute approximate surface area is 160 Å². The summed E-state index contributed by atoms with van der Waals surface area (Å²) in [6.07, 6.45) is -4.92. The van der Waals surface area contributed by atoms with Crippen molar-refractivity contribution in [3.63, 3.8) is 0 Å². The minimum absolute atomic E-state index is 0.0451. The Kier molecular flexibility index (Phi) is 5.83. The normalized spacial score (nSPS) is 13.5. The van der Waals surface area contributed by atoms with Gasteiger partial charge >= 0.3 is 12.1 Å². The monoisotopic (exact) mass is 421 g/mol. The first-order valence-electron chi connectivity index (χ1n) is 7.44. The molecule has 28 heavy (non-hydrogen) atoms. The molecule has 2 aromatic rings. The van der Waals surface area contributed by atoms with Gasteiger partial charge in [0, 0.05) is 16.7 Å². The average Bonchev–Trinajstić information content (AvgIpc) is 2.65.